The molecule has 2 fully saturated rings. The third kappa shape index (κ3) is 3.97. The molecule has 2 aliphatic heterocycles. The Morgan fingerprint density at radius 2 is 1.96 bits per heavy atom. The van der Waals surface area contributed by atoms with Crippen LogP contribution in [0.5, 0.6) is 0 Å². The zero-order valence-corrected chi connectivity index (χ0v) is 15.5. The normalized spacial score (nSPS) is 23.5. The molecule has 5 nitrogen and oxygen atoms in total. The average Bonchev–Trinajstić information content (AvgIpc) is 3.00. The Bertz CT molecular complexity index is 648. The van der Waals surface area contributed by atoms with Gasteiger partial charge in [-0.05, 0) is 56.7 Å². The lowest BCUT2D eigenvalue weighted by molar-refractivity contribution is -0.119. The Morgan fingerprint density at radius 1 is 1.24 bits per heavy atom. The molecule has 2 heterocycles. The zero-order valence-electron chi connectivity index (χ0n) is 15.5. The standard InChI is InChI=1S/C20H29N3O2/c1-13-8-14(2)17(15(3)9-13)12-22-20(25)23-7-5-4-6-18(23)16-10-19(24)21-11-16/h8-9,16,18H,4-7,10-12H2,1-3H3,(H,21,24)(H,22,25)/t16-,18+/m0/s1. The lowest BCUT2D eigenvalue weighted by Crippen LogP contribution is -2.51. The summed E-state index contributed by atoms with van der Waals surface area (Å²) >= 11 is 0. The number of rotatable bonds is 3. The van der Waals surface area contributed by atoms with E-state index in [1.54, 1.807) is 0 Å². The smallest absolute Gasteiger partial charge is 0.317 e. The van der Waals surface area contributed by atoms with Gasteiger partial charge in [0.2, 0.25) is 5.91 Å². The number of benzene rings is 1. The van der Waals surface area contributed by atoms with Crippen LogP contribution < -0.4 is 10.6 Å². The molecule has 0 radical (unpaired) electrons. The van der Waals surface area contributed by atoms with E-state index in [0.29, 0.717) is 19.5 Å². The molecule has 1 aromatic carbocycles. The van der Waals surface area contributed by atoms with Gasteiger partial charge in [-0.2, -0.15) is 0 Å². The second kappa shape index (κ2) is 7.46. The van der Waals surface area contributed by atoms with Crippen molar-refractivity contribution in [2.45, 2.75) is 59.0 Å². The number of hydrogen-bond acceptors (Lipinski definition) is 2. The number of aryl methyl sites for hydroxylation is 3. The molecule has 1 aromatic rings. The molecular formula is C20H29N3O2. The Kier molecular flexibility index (Phi) is 5.30. The topological polar surface area (TPSA) is 61.4 Å². The predicted molar refractivity (Wildman–Crippen MR) is 98.4 cm³/mol. The van der Waals surface area contributed by atoms with Crippen LogP contribution in [0.1, 0.15) is 47.9 Å². The fourth-order valence-electron chi connectivity index (χ4n) is 4.35. The monoisotopic (exact) mass is 343 g/mol. The van der Waals surface area contributed by atoms with Crippen molar-refractivity contribution in [2.75, 3.05) is 13.1 Å². The third-order valence-electron chi connectivity index (χ3n) is 5.62. The summed E-state index contributed by atoms with van der Waals surface area (Å²) in [6.07, 6.45) is 3.72. The first kappa shape index (κ1) is 17.8. The molecule has 0 aromatic heterocycles. The summed E-state index contributed by atoms with van der Waals surface area (Å²) in [5.74, 6) is 0.364. The molecule has 2 aliphatic rings. The lowest BCUT2D eigenvalue weighted by Gasteiger charge is -2.38. The summed E-state index contributed by atoms with van der Waals surface area (Å²) in [7, 11) is 0. The average molecular weight is 343 g/mol. The van der Waals surface area contributed by atoms with E-state index in [0.717, 1.165) is 25.8 Å². The maximum absolute atomic E-state index is 12.8. The minimum Gasteiger partial charge on any atom is -0.356 e. The number of hydrogen-bond donors (Lipinski definition) is 2. The largest absolute Gasteiger partial charge is 0.356 e. The van der Waals surface area contributed by atoms with Gasteiger partial charge in [0.05, 0.1) is 0 Å². The number of nitrogens with zero attached hydrogens (tertiary/aromatic N) is 1. The van der Waals surface area contributed by atoms with Crippen LogP contribution in [0.4, 0.5) is 4.79 Å². The molecule has 0 spiro atoms. The van der Waals surface area contributed by atoms with E-state index in [2.05, 4.69) is 43.5 Å². The molecule has 2 saturated heterocycles. The van der Waals surface area contributed by atoms with Crippen LogP contribution >= 0.6 is 0 Å². The van der Waals surface area contributed by atoms with Crippen molar-refractivity contribution in [1.29, 1.82) is 0 Å². The number of piperidine rings is 1. The first-order valence-corrected chi connectivity index (χ1v) is 9.33. The van der Waals surface area contributed by atoms with Crippen LogP contribution in [0.2, 0.25) is 0 Å². The molecule has 136 valence electrons. The van der Waals surface area contributed by atoms with Gasteiger partial charge in [-0.25, -0.2) is 4.79 Å². The molecular weight excluding hydrogens is 314 g/mol. The van der Waals surface area contributed by atoms with E-state index in [-0.39, 0.29) is 23.9 Å². The van der Waals surface area contributed by atoms with Crippen LogP contribution in [-0.4, -0.2) is 36.0 Å². The third-order valence-corrected chi connectivity index (χ3v) is 5.62. The first-order chi connectivity index (χ1) is 12.0. The molecule has 2 atom stereocenters. The van der Waals surface area contributed by atoms with Gasteiger partial charge in [-0.1, -0.05) is 17.7 Å². The molecule has 25 heavy (non-hydrogen) atoms. The van der Waals surface area contributed by atoms with E-state index in [1.165, 1.54) is 22.3 Å². The van der Waals surface area contributed by atoms with Gasteiger partial charge in [-0.15, -0.1) is 0 Å². The zero-order chi connectivity index (χ0) is 18.0. The van der Waals surface area contributed by atoms with E-state index >= 15 is 0 Å². The van der Waals surface area contributed by atoms with Gasteiger partial charge in [0.1, 0.15) is 0 Å². The lowest BCUT2D eigenvalue weighted by atomic mass is 9.90. The number of urea groups is 1. The summed E-state index contributed by atoms with van der Waals surface area (Å²) in [5.41, 5.74) is 4.89. The van der Waals surface area contributed by atoms with Crippen LogP contribution in [0.3, 0.4) is 0 Å². The van der Waals surface area contributed by atoms with Crippen molar-refractivity contribution in [3.05, 3.63) is 34.4 Å². The summed E-state index contributed by atoms with van der Waals surface area (Å²) in [5, 5.41) is 6.02. The van der Waals surface area contributed by atoms with Crippen LogP contribution in [-0.2, 0) is 11.3 Å². The number of nitrogens with one attached hydrogen (secondary N) is 2. The predicted octanol–water partition coefficient (Wildman–Crippen LogP) is 2.81. The van der Waals surface area contributed by atoms with Gasteiger partial charge in [-0.3, -0.25) is 4.79 Å². The van der Waals surface area contributed by atoms with Crippen LogP contribution in [0.25, 0.3) is 0 Å². The SMILES string of the molecule is Cc1cc(C)c(CNC(=O)N2CCCC[C@@H]2[C@@H]2CNC(=O)C2)c(C)c1. The quantitative estimate of drug-likeness (QED) is 0.886. The Labute approximate surface area is 150 Å². The fourth-order valence-corrected chi connectivity index (χ4v) is 4.35. The molecule has 0 saturated carbocycles. The van der Waals surface area contributed by atoms with Crippen molar-refractivity contribution in [2.24, 2.45) is 5.92 Å². The summed E-state index contributed by atoms with van der Waals surface area (Å²) in [6.45, 7) is 8.33. The van der Waals surface area contributed by atoms with Gasteiger partial charge in [0.15, 0.2) is 0 Å². The Morgan fingerprint density at radius 3 is 2.60 bits per heavy atom. The molecule has 0 bridgehead atoms. The summed E-state index contributed by atoms with van der Waals surface area (Å²) in [6, 6.07) is 4.50. The summed E-state index contributed by atoms with van der Waals surface area (Å²) < 4.78 is 0. The van der Waals surface area contributed by atoms with Crippen LogP contribution in [0, 0.1) is 26.7 Å². The highest BCUT2D eigenvalue weighted by atomic mass is 16.2. The van der Waals surface area contributed by atoms with E-state index in [1.807, 2.05) is 4.90 Å². The highest BCUT2D eigenvalue weighted by Crippen LogP contribution is 2.27. The fraction of sp³-hybridized carbons (Fsp3) is 0.600. The van der Waals surface area contributed by atoms with Gasteiger partial charge >= 0.3 is 6.03 Å². The molecule has 0 aliphatic carbocycles. The van der Waals surface area contributed by atoms with Crippen LogP contribution in [0.15, 0.2) is 12.1 Å². The Hall–Kier alpha value is -2.04. The van der Waals surface area contributed by atoms with Crippen molar-refractivity contribution in [3.63, 3.8) is 0 Å². The Balaban J connectivity index is 1.66. The molecule has 3 amide bonds. The van der Waals surface area contributed by atoms with Gasteiger partial charge < -0.3 is 15.5 Å². The highest BCUT2D eigenvalue weighted by Gasteiger charge is 2.36. The number of amides is 3. The minimum atomic E-state index is 0.00317. The second-order valence-corrected chi connectivity index (χ2v) is 7.56. The summed E-state index contributed by atoms with van der Waals surface area (Å²) in [4.78, 5) is 26.3. The van der Waals surface area contributed by atoms with Crippen molar-refractivity contribution in [3.8, 4) is 0 Å². The van der Waals surface area contributed by atoms with Crippen molar-refractivity contribution < 1.29 is 9.59 Å². The van der Waals surface area contributed by atoms with E-state index in [9.17, 15) is 9.59 Å². The van der Waals surface area contributed by atoms with Crippen molar-refractivity contribution >= 4 is 11.9 Å². The van der Waals surface area contributed by atoms with Gasteiger partial charge in [0, 0.05) is 38.0 Å². The molecule has 3 rings (SSSR count). The maximum atomic E-state index is 12.8. The van der Waals surface area contributed by atoms with Gasteiger partial charge in [0.25, 0.3) is 0 Å². The number of carbonyl (C=O) groups excluding carboxylic acids is 2. The first-order valence-electron chi connectivity index (χ1n) is 9.33. The minimum absolute atomic E-state index is 0.00317. The maximum Gasteiger partial charge on any atom is 0.317 e. The number of likely N-dealkylation sites (tertiary alicyclic amines) is 1. The molecule has 5 heteroatoms. The van der Waals surface area contributed by atoms with Crippen molar-refractivity contribution in [1.82, 2.24) is 15.5 Å². The number of carbonyl (C=O) groups is 2. The van der Waals surface area contributed by atoms with E-state index < -0.39 is 0 Å². The highest BCUT2D eigenvalue weighted by molar-refractivity contribution is 5.79. The second-order valence-electron chi connectivity index (χ2n) is 7.56. The molecule has 0 unspecified atom stereocenters. The molecule has 2 N–H and O–H groups in total. The van der Waals surface area contributed by atoms with E-state index in [4.69, 9.17) is 0 Å².